The Kier molecular flexibility index (Phi) is 5.50. The Morgan fingerprint density at radius 2 is 2.05 bits per heavy atom. The van der Waals surface area contributed by atoms with E-state index in [1.807, 2.05) is 25.1 Å². The van der Waals surface area contributed by atoms with Crippen LogP contribution in [0.15, 0.2) is 23.1 Å². The second-order valence-corrected chi connectivity index (χ2v) is 6.35. The van der Waals surface area contributed by atoms with E-state index in [1.165, 1.54) is 11.8 Å². The molecule has 4 N–H and O–H groups in total. The quantitative estimate of drug-likeness (QED) is 0.589. The molecule has 2 rings (SSSR count). The number of anilines is 1. The molecule has 0 aliphatic heterocycles. The van der Waals surface area contributed by atoms with Crippen molar-refractivity contribution in [3.05, 3.63) is 23.8 Å². The summed E-state index contributed by atoms with van der Waals surface area (Å²) in [4.78, 5) is 24.3. The lowest BCUT2D eigenvalue weighted by molar-refractivity contribution is -0.117. The fourth-order valence-electron chi connectivity index (χ4n) is 2.36. The van der Waals surface area contributed by atoms with Crippen LogP contribution in [0.4, 0.5) is 10.5 Å². The van der Waals surface area contributed by atoms with Crippen molar-refractivity contribution in [2.75, 3.05) is 11.5 Å². The first kappa shape index (κ1) is 15.7. The van der Waals surface area contributed by atoms with E-state index in [2.05, 4.69) is 10.6 Å². The summed E-state index contributed by atoms with van der Waals surface area (Å²) >= 11 is 1.34. The monoisotopic (exact) mass is 307 g/mol. The molecule has 1 aliphatic carbocycles. The number of thioether (sulfide) groups is 1. The Morgan fingerprint density at radius 1 is 1.33 bits per heavy atom. The van der Waals surface area contributed by atoms with Crippen molar-refractivity contribution in [3.8, 4) is 0 Å². The van der Waals surface area contributed by atoms with Crippen molar-refractivity contribution in [3.63, 3.8) is 0 Å². The van der Waals surface area contributed by atoms with Crippen LogP contribution in [-0.2, 0) is 4.79 Å². The number of benzene rings is 1. The van der Waals surface area contributed by atoms with E-state index in [0.717, 1.165) is 36.1 Å². The molecule has 0 saturated heterocycles. The number of amides is 3. The van der Waals surface area contributed by atoms with E-state index >= 15 is 0 Å². The predicted molar refractivity (Wildman–Crippen MR) is 85.2 cm³/mol. The lowest BCUT2D eigenvalue weighted by atomic mass is 10.2. The van der Waals surface area contributed by atoms with Gasteiger partial charge in [0.25, 0.3) is 0 Å². The molecule has 0 bridgehead atoms. The number of nitrogens with two attached hydrogens (primary N) is 1. The molecule has 5 nitrogen and oxygen atoms in total. The van der Waals surface area contributed by atoms with Crippen molar-refractivity contribution >= 4 is 29.4 Å². The van der Waals surface area contributed by atoms with Gasteiger partial charge < -0.3 is 11.1 Å². The summed E-state index contributed by atoms with van der Waals surface area (Å²) < 4.78 is 0. The molecular formula is C15H21N3O2S. The van der Waals surface area contributed by atoms with E-state index in [4.69, 9.17) is 5.73 Å². The maximum atomic E-state index is 11.8. The van der Waals surface area contributed by atoms with Gasteiger partial charge in [-0.25, -0.2) is 4.79 Å². The Hall–Kier alpha value is -1.69. The van der Waals surface area contributed by atoms with Gasteiger partial charge in [0.05, 0.1) is 5.75 Å². The summed E-state index contributed by atoms with van der Waals surface area (Å²) in [6.07, 6.45) is 4.27. The van der Waals surface area contributed by atoms with Crippen molar-refractivity contribution in [2.45, 2.75) is 43.5 Å². The van der Waals surface area contributed by atoms with E-state index in [1.54, 1.807) is 0 Å². The van der Waals surface area contributed by atoms with Gasteiger partial charge in [-0.1, -0.05) is 18.9 Å². The minimum absolute atomic E-state index is 0.172. The molecule has 1 fully saturated rings. The molecule has 0 unspecified atom stereocenters. The molecule has 1 aromatic carbocycles. The fraction of sp³-hybridized carbons (Fsp3) is 0.467. The highest BCUT2D eigenvalue weighted by Crippen LogP contribution is 2.25. The Balaban J connectivity index is 1.76. The van der Waals surface area contributed by atoms with Crippen LogP contribution in [-0.4, -0.2) is 23.7 Å². The minimum atomic E-state index is -0.398. The second-order valence-electron chi connectivity index (χ2n) is 5.33. The topological polar surface area (TPSA) is 84.2 Å². The van der Waals surface area contributed by atoms with Crippen LogP contribution in [0.25, 0.3) is 0 Å². The normalized spacial score (nSPS) is 14.9. The third kappa shape index (κ3) is 4.97. The summed E-state index contributed by atoms with van der Waals surface area (Å²) in [5.74, 6) is -0.137. The van der Waals surface area contributed by atoms with E-state index in [9.17, 15) is 9.59 Å². The molecule has 1 saturated carbocycles. The minimum Gasteiger partial charge on any atom is -0.398 e. The molecule has 3 amide bonds. The van der Waals surface area contributed by atoms with Gasteiger partial charge in [0, 0.05) is 16.6 Å². The van der Waals surface area contributed by atoms with E-state index in [-0.39, 0.29) is 17.7 Å². The highest BCUT2D eigenvalue weighted by molar-refractivity contribution is 8.00. The average molecular weight is 307 g/mol. The number of carbonyl (C=O) groups excluding carboxylic acids is 2. The largest absolute Gasteiger partial charge is 0.398 e. The molecule has 1 aliphatic rings. The van der Waals surface area contributed by atoms with Gasteiger partial charge in [0.15, 0.2) is 0 Å². The van der Waals surface area contributed by atoms with Gasteiger partial charge in [-0.05, 0) is 37.5 Å². The van der Waals surface area contributed by atoms with Crippen LogP contribution in [0, 0.1) is 6.92 Å². The van der Waals surface area contributed by atoms with Crippen molar-refractivity contribution in [2.24, 2.45) is 0 Å². The fourth-order valence-corrected chi connectivity index (χ4v) is 3.23. The maximum Gasteiger partial charge on any atom is 0.321 e. The molecular weight excluding hydrogens is 286 g/mol. The summed E-state index contributed by atoms with van der Waals surface area (Å²) in [5.41, 5.74) is 7.59. The second kappa shape index (κ2) is 7.36. The average Bonchev–Trinajstić information content (AvgIpc) is 2.92. The number of nitrogen functional groups attached to an aromatic ring is 1. The lowest BCUT2D eigenvalue weighted by Gasteiger charge is -2.12. The molecule has 0 aromatic heterocycles. The zero-order valence-corrected chi connectivity index (χ0v) is 13.0. The summed E-state index contributed by atoms with van der Waals surface area (Å²) in [6.45, 7) is 1.97. The van der Waals surface area contributed by atoms with E-state index < -0.39 is 6.03 Å². The zero-order valence-electron chi connectivity index (χ0n) is 12.1. The number of nitrogens with one attached hydrogen (secondary N) is 2. The van der Waals surface area contributed by atoms with Gasteiger partial charge in [0.2, 0.25) is 5.91 Å². The highest BCUT2D eigenvalue weighted by Gasteiger charge is 2.18. The number of hydrogen-bond acceptors (Lipinski definition) is 4. The SMILES string of the molecule is Cc1ccc(N)c(SCC(=O)NC(=O)NC2CCCC2)c1. The Labute approximate surface area is 129 Å². The number of rotatable bonds is 4. The molecule has 0 spiro atoms. The van der Waals surface area contributed by atoms with Crippen molar-refractivity contribution in [1.82, 2.24) is 10.6 Å². The van der Waals surface area contributed by atoms with Crippen LogP contribution in [0.2, 0.25) is 0 Å². The lowest BCUT2D eigenvalue weighted by Crippen LogP contribution is -2.44. The van der Waals surface area contributed by atoms with Gasteiger partial charge in [-0.2, -0.15) is 0 Å². The maximum absolute atomic E-state index is 11.8. The summed E-state index contributed by atoms with van der Waals surface area (Å²) in [6, 6.07) is 5.49. The van der Waals surface area contributed by atoms with Crippen molar-refractivity contribution < 1.29 is 9.59 Å². The van der Waals surface area contributed by atoms with Crippen LogP contribution in [0.5, 0.6) is 0 Å². The number of carbonyl (C=O) groups is 2. The van der Waals surface area contributed by atoms with Crippen LogP contribution >= 0.6 is 11.8 Å². The third-order valence-corrected chi connectivity index (χ3v) is 4.54. The van der Waals surface area contributed by atoms with Crippen LogP contribution < -0.4 is 16.4 Å². The smallest absolute Gasteiger partial charge is 0.321 e. The molecule has 21 heavy (non-hydrogen) atoms. The number of imide groups is 1. The Morgan fingerprint density at radius 3 is 2.76 bits per heavy atom. The number of aryl methyl sites for hydroxylation is 1. The van der Waals surface area contributed by atoms with Crippen molar-refractivity contribution in [1.29, 1.82) is 0 Å². The molecule has 1 aromatic rings. The first-order chi connectivity index (χ1) is 10.0. The third-order valence-electron chi connectivity index (χ3n) is 3.47. The van der Waals surface area contributed by atoms with E-state index in [0.29, 0.717) is 5.69 Å². The van der Waals surface area contributed by atoms with Crippen LogP contribution in [0.3, 0.4) is 0 Å². The molecule has 114 valence electrons. The molecule has 0 heterocycles. The Bertz CT molecular complexity index is 528. The van der Waals surface area contributed by atoms with Gasteiger partial charge >= 0.3 is 6.03 Å². The first-order valence-electron chi connectivity index (χ1n) is 7.14. The summed E-state index contributed by atoms with van der Waals surface area (Å²) in [7, 11) is 0. The highest BCUT2D eigenvalue weighted by atomic mass is 32.2. The number of urea groups is 1. The summed E-state index contributed by atoms with van der Waals surface area (Å²) in [5, 5.41) is 5.18. The molecule has 0 radical (unpaired) electrons. The molecule has 0 atom stereocenters. The molecule has 6 heteroatoms. The predicted octanol–water partition coefficient (Wildman–Crippen LogP) is 2.44. The standard InChI is InChI=1S/C15H21N3O2S/c1-10-6-7-12(16)13(8-10)21-9-14(19)18-15(20)17-11-4-2-3-5-11/h6-8,11H,2-5,9,16H2,1H3,(H2,17,18,19,20). The zero-order chi connectivity index (χ0) is 15.2. The van der Waals surface area contributed by atoms with Gasteiger partial charge in [-0.15, -0.1) is 11.8 Å². The van der Waals surface area contributed by atoms with Gasteiger partial charge in [-0.3, -0.25) is 10.1 Å². The van der Waals surface area contributed by atoms with Crippen LogP contribution in [0.1, 0.15) is 31.2 Å². The first-order valence-corrected chi connectivity index (χ1v) is 8.12. The number of hydrogen-bond donors (Lipinski definition) is 3. The van der Waals surface area contributed by atoms with Gasteiger partial charge in [0.1, 0.15) is 0 Å².